The van der Waals surface area contributed by atoms with Crippen LogP contribution in [-0.4, -0.2) is 30.7 Å². The molecule has 2 aliphatic rings. The molecule has 23 heavy (non-hydrogen) atoms. The molecule has 126 valence electrons. The van der Waals surface area contributed by atoms with Gasteiger partial charge in [-0.3, -0.25) is 4.79 Å². The standard InChI is InChI=1S/C19H28N2O2/c1-19(2)11-17(19)18(23)20-12-14-3-5-16(6-4-14)21-9-7-15(13-22)8-10-21/h3-6,15,17,22H,7-13H2,1-2H3,(H,20,23). The molecule has 1 heterocycles. The Morgan fingerprint density at radius 3 is 2.39 bits per heavy atom. The minimum absolute atomic E-state index is 0.185. The smallest absolute Gasteiger partial charge is 0.223 e. The van der Waals surface area contributed by atoms with Crippen LogP contribution in [0.3, 0.4) is 0 Å². The van der Waals surface area contributed by atoms with Crippen LogP contribution in [0, 0.1) is 17.3 Å². The van der Waals surface area contributed by atoms with Gasteiger partial charge in [0.2, 0.25) is 5.91 Å². The third-order valence-electron chi connectivity index (χ3n) is 5.47. The number of benzene rings is 1. The largest absolute Gasteiger partial charge is 0.396 e. The van der Waals surface area contributed by atoms with E-state index < -0.39 is 0 Å². The number of carbonyl (C=O) groups is 1. The molecule has 3 rings (SSSR count). The van der Waals surface area contributed by atoms with Crippen LogP contribution >= 0.6 is 0 Å². The third-order valence-corrected chi connectivity index (χ3v) is 5.47. The van der Waals surface area contributed by atoms with Crippen LogP contribution < -0.4 is 10.2 Å². The van der Waals surface area contributed by atoms with E-state index in [1.54, 1.807) is 0 Å². The summed E-state index contributed by atoms with van der Waals surface area (Å²) in [5.41, 5.74) is 2.57. The first-order valence-electron chi connectivity index (χ1n) is 8.72. The maximum Gasteiger partial charge on any atom is 0.223 e. The Morgan fingerprint density at radius 1 is 1.26 bits per heavy atom. The second-order valence-corrected chi connectivity index (χ2v) is 7.74. The van der Waals surface area contributed by atoms with E-state index in [9.17, 15) is 9.90 Å². The molecule has 1 saturated heterocycles. The lowest BCUT2D eigenvalue weighted by Crippen LogP contribution is -2.34. The number of amides is 1. The third kappa shape index (κ3) is 3.86. The highest BCUT2D eigenvalue weighted by molar-refractivity contribution is 5.82. The molecule has 4 nitrogen and oxygen atoms in total. The van der Waals surface area contributed by atoms with E-state index in [-0.39, 0.29) is 17.2 Å². The van der Waals surface area contributed by atoms with Gasteiger partial charge in [0.1, 0.15) is 0 Å². The van der Waals surface area contributed by atoms with Crippen LogP contribution in [-0.2, 0) is 11.3 Å². The van der Waals surface area contributed by atoms with Crippen molar-refractivity contribution in [2.45, 2.75) is 39.7 Å². The number of nitrogens with one attached hydrogen (secondary N) is 1. The predicted octanol–water partition coefficient (Wildman–Crippen LogP) is 2.56. The Labute approximate surface area is 138 Å². The zero-order valence-corrected chi connectivity index (χ0v) is 14.2. The minimum atomic E-state index is 0.185. The lowest BCUT2D eigenvalue weighted by atomic mass is 9.97. The van der Waals surface area contributed by atoms with Crippen LogP contribution in [0.15, 0.2) is 24.3 Å². The first-order valence-corrected chi connectivity index (χ1v) is 8.72. The van der Waals surface area contributed by atoms with Crippen LogP contribution in [0.5, 0.6) is 0 Å². The van der Waals surface area contributed by atoms with Gasteiger partial charge in [0.25, 0.3) is 0 Å². The molecule has 2 N–H and O–H groups in total. The average Bonchev–Trinajstić information content (AvgIpc) is 3.22. The number of piperidine rings is 1. The number of hydrogen-bond acceptors (Lipinski definition) is 3. The zero-order chi connectivity index (χ0) is 16.4. The molecule has 1 aromatic rings. The first-order chi connectivity index (χ1) is 11.0. The van der Waals surface area contributed by atoms with Gasteiger partial charge in [0.05, 0.1) is 0 Å². The Morgan fingerprint density at radius 2 is 1.87 bits per heavy atom. The number of aliphatic hydroxyl groups excluding tert-OH is 1. The Kier molecular flexibility index (Phi) is 4.62. The van der Waals surface area contributed by atoms with E-state index >= 15 is 0 Å². The average molecular weight is 316 g/mol. The molecule has 1 amide bonds. The molecule has 1 aliphatic carbocycles. The lowest BCUT2D eigenvalue weighted by Gasteiger charge is -2.33. The van der Waals surface area contributed by atoms with Crippen molar-refractivity contribution >= 4 is 11.6 Å². The summed E-state index contributed by atoms with van der Waals surface area (Å²) in [6, 6.07) is 8.49. The van der Waals surface area contributed by atoms with Crippen molar-refractivity contribution in [1.29, 1.82) is 0 Å². The second kappa shape index (κ2) is 6.52. The molecule has 1 unspecified atom stereocenters. The molecular formula is C19H28N2O2. The lowest BCUT2D eigenvalue weighted by molar-refractivity contribution is -0.123. The molecule has 0 aromatic heterocycles. The van der Waals surface area contributed by atoms with E-state index in [0.29, 0.717) is 19.1 Å². The van der Waals surface area contributed by atoms with Crippen molar-refractivity contribution in [2.75, 3.05) is 24.6 Å². The molecule has 1 saturated carbocycles. The number of anilines is 1. The summed E-state index contributed by atoms with van der Waals surface area (Å²) in [6.07, 6.45) is 3.12. The maximum atomic E-state index is 12.0. The summed E-state index contributed by atoms with van der Waals surface area (Å²) < 4.78 is 0. The monoisotopic (exact) mass is 316 g/mol. The van der Waals surface area contributed by atoms with Crippen LogP contribution in [0.25, 0.3) is 0 Å². The van der Waals surface area contributed by atoms with Crippen molar-refractivity contribution < 1.29 is 9.90 Å². The minimum Gasteiger partial charge on any atom is -0.396 e. The van der Waals surface area contributed by atoms with Gasteiger partial charge in [0, 0.05) is 37.8 Å². The Bertz CT molecular complexity index is 545. The van der Waals surface area contributed by atoms with Crippen molar-refractivity contribution in [1.82, 2.24) is 5.32 Å². The Hall–Kier alpha value is -1.55. The SMILES string of the molecule is CC1(C)CC1C(=O)NCc1ccc(N2CCC(CO)CC2)cc1. The molecule has 4 heteroatoms. The van der Waals surface area contributed by atoms with Crippen molar-refractivity contribution in [3.8, 4) is 0 Å². The van der Waals surface area contributed by atoms with Gasteiger partial charge >= 0.3 is 0 Å². The van der Waals surface area contributed by atoms with E-state index in [4.69, 9.17) is 0 Å². The van der Waals surface area contributed by atoms with Gasteiger partial charge in [0.15, 0.2) is 0 Å². The summed E-state index contributed by atoms with van der Waals surface area (Å²) in [6.45, 7) is 7.23. The molecule has 1 aromatic carbocycles. The quantitative estimate of drug-likeness (QED) is 0.878. The highest BCUT2D eigenvalue weighted by atomic mass is 16.3. The Balaban J connectivity index is 1.49. The maximum absolute atomic E-state index is 12.0. The van der Waals surface area contributed by atoms with E-state index in [1.807, 2.05) is 0 Å². The van der Waals surface area contributed by atoms with E-state index in [0.717, 1.165) is 37.9 Å². The molecular weight excluding hydrogens is 288 g/mol. The topological polar surface area (TPSA) is 52.6 Å². The van der Waals surface area contributed by atoms with Crippen molar-refractivity contribution in [2.24, 2.45) is 17.3 Å². The number of carbonyl (C=O) groups excluding carboxylic acids is 1. The predicted molar refractivity (Wildman–Crippen MR) is 92.2 cm³/mol. The highest BCUT2D eigenvalue weighted by Gasteiger charge is 2.50. The summed E-state index contributed by atoms with van der Waals surface area (Å²) in [7, 11) is 0. The molecule has 0 spiro atoms. The fourth-order valence-corrected chi connectivity index (χ4v) is 3.43. The fraction of sp³-hybridized carbons (Fsp3) is 0.632. The van der Waals surface area contributed by atoms with Crippen molar-refractivity contribution in [3.63, 3.8) is 0 Å². The molecule has 1 atom stereocenters. The van der Waals surface area contributed by atoms with Crippen molar-refractivity contribution in [3.05, 3.63) is 29.8 Å². The van der Waals surface area contributed by atoms with Crippen LogP contribution in [0.1, 0.15) is 38.7 Å². The highest BCUT2D eigenvalue weighted by Crippen LogP contribution is 2.51. The van der Waals surface area contributed by atoms with Crippen LogP contribution in [0.4, 0.5) is 5.69 Å². The normalized spacial score (nSPS) is 23.6. The summed E-state index contributed by atoms with van der Waals surface area (Å²) in [5.74, 6) is 0.840. The summed E-state index contributed by atoms with van der Waals surface area (Å²) >= 11 is 0. The van der Waals surface area contributed by atoms with Gasteiger partial charge in [-0.05, 0) is 48.3 Å². The zero-order valence-electron chi connectivity index (χ0n) is 14.2. The molecule has 0 bridgehead atoms. The van der Waals surface area contributed by atoms with E-state index in [2.05, 4.69) is 48.3 Å². The number of rotatable bonds is 5. The number of nitrogens with zero attached hydrogens (tertiary/aromatic N) is 1. The van der Waals surface area contributed by atoms with E-state index in [1.165, 1.54) is 5.69 Å². The summed E-state index contributed by atoms with van der Waals surface area (Å²) in [4.78, 5) is 14.4. The summed E-state index contributed by atoms with van der Waals surface area (Å²) in [5, 5.41) is 12.3. The number of hydrogen-bond donors (Lipinski definition) is 2. The van der Waals surface area contributed by atoms with Gasteiger partial charge in [-0.2, -0.15) is 0 Å². The van der Waals surface area contributed by atoms with Gasteiger partial charge in [-0.15, -0.1) is 0 Å². The fourth-order valence-electron chi connectivity index (χ4n) is 3.43. The number of aliphatic hydroxyl groups is 1. The molecule has 2 fully saturated rings. The van der Waals surface area contributed by atoms with Gasteiger partial charge in [-0.25, -0.2) is 0 Å². The first kappa shape index (κ1) is 16.3. The molecule has 0 radical (unpaired) electrons. The van der Waals surface area contributed by atoms with Crippen LogP contribution in [0.2, 0.25) is 0 Å². The molecule has 1 aliphatic heterocycles. The van der Waals surface area contributed by atoms with Gasteiger partial charge < -0.3 is 15.3 Å². The van der Waals surface area contributed by atoms with Gasteiger partial charge in [-0.1, -0.05) is 26.0 Å². The second-order valence-electron chi connectivity index (χ2n) is 7.74.